The molecule has 0 radical (unpaired) electrons. The lowest BCUT2D eigenvalue weighted by Gasteiger charge is -2.08. The summed E-state index contributed by atoms with van der Waals surface area (Å²) in [5.41, 5.74) is 0.955. The van der Waals surface area contributed by atoms with Crippen molar-refractivity contribution >= 4 is 11.8 Å². The third-order valence-electron chi connectivity index (χ3n) is 2.44. The molecule has 2 rings (SSSR count). The van der Waals surface area contributed by atoms with Crippen molar-refractivity contribution in [1.29, 1.82) is 0 Å². The lowest BCUT2D eigenvalue weighted by Crippen LogP contribution is -2.28. The van der Waals surface area contributed by atoms with Crippen LogP contribution in [-0.4, -0.2) is 22.2 Å². The fourth-order valence-corrected chi connectivity index (χ4v) is 2.89. The van der Waals surface area contributed by atoms with Gasteiger partial charge in [-0.3, -0.25) is 0 Å². The number of rotatable bonds is 3. The van der Waals surface area contributed by atoms with Crippen LogP contribution < -0.4 is 5.32 Å². The average Bonchev–Trinajstić information content (AvgIpc) is 2.72. The molecule has 1 fully saturated rings. The van der Waals surface area contributed by atoms with E-state index >= 15 is 0 Å². The highest BCUT2D eigenvalue weighted by atomic mass is 32.2. The van der Waals surface area contributed by atoms with Crippen molar-refractivity contribution in [3.8, 4) is 0 Å². The van der Waals surface area contributed by atoms with Gasteiger partial charge in [0, 0.05) is 23.1 Å². The number of hydrogen-bond donors (Lipinski definition) is 1. The Morgan fingerprint density at radius 1 is 1.71 bits per heavy atom. The van der Waals surface area contributed by atoms with Gasteiger partial charge in [-0.15, -0.1) is 0 Å². The minimum absolute atomic E-state index is 0.639. The second-order valence-corrected chi connectivity index (χ2v) is 5.36. The molecule has 0 amide bonds. The van der Waals surface area contributed by atoms with E-state index in [1.807, 2.05) is 24.8 Å². The molecule has 0 aromatic carbocycles. The first-order chi connectivity index (χ1) is 6.74. The Labute approximate surface area is 88.6 Å². The van der Waals surface area contributed by atoms with Crippen molar-refractivity contribution in [3.05, 3.63) is 17.5 Å². The van der Waals surface area contributed by atoms with Crippen LogP contribution in [0.2, 0.25) is 0 Å². The molecule has 1 saturated heterocycles. The summed E-state index contributed by atoms with van der Waals surface area (Å²) < 4.78 is 5.13. The summed E-state index contributed by atoms with van der Waals surface area (Å²) in [6, 6.07) is 2.62. The van der Waals surface area contributed by atoms with Gasteiger partial charge in [0.15, 0.2) is 5.76 Å². The molecule has 1 aliphatic heterocycles. The fraction of sp³-hybridized carbons (Fsp3) is 0.700. The molecule has 3 nitrogen and oxygen atoms in total. The van der Waals surface area contributed by atoms with E-state index in [-0.39, 0.29) is 0 Å². The molecule has 1 aromatic rings. The Morgan fingerprint density at radius 2 is 2.57 bits per heavy atom. The third-order valence-corrected chi connectivity index (χ3v) is 3.80. The van der Waals surface area contributed by atoms with Gasteiger partial charge in [0.25, 0.3) is 0 Å². The minimum atomic E-state index is 0.639. The van der Waals surface area contributed by atoms with Crippen LogP contribution in [-0.2, 0) is 6.54 Å². The van der Waals surface area contributed by atoms with Gasteiger partial charge in [0.05, 0.1) is 12.2 Å². The SMILES string of the molecule is Cc1cc(CNC2CSC(C)C2)on1. The molecule has 1 aromatic heterocycles. The average molecular weight is 212 g/mol. The van der Waals surface area contributed by atoms with Gasteiger partial charge in [-0.25, -0.2) is 0 Å². The highest BCUT2D eigenvalue weighted by Gasteiger charge is 2.21. The number of nitrogens with zero attached hydrogens (tertiary/aromatic N) is 1. The normalized spacial score (nSPS) is 27.0. The maximum absolute atomic E-state index is 5.13. The summed E-state index contributed by atoms with van der Waals surface area (Å²) in [5, 5.41) is 8.14. The molecule has 0 spiro atoms. The molecule has 78 valence electrons. The van der Waals surface area contributed by atoms with Crippen molar-refractivity contribution in [2.24, 2.45) is 0 Å². The molecule has 0 saturated carbocycles. The van der Waals surface area contributed by atoms with Crippen LogP contribution in [0.4, 0.5) is 0 Å². The predicted octanol–water partition coefficient (Wildman–Crippen LogP) is 1.97. The maximum Gasteiger partial charge on any atom is 0.150 e. The van der Waals surface area contributed by atoms with E-state index in [1.165, 1.54) is 12.2 Å². The zero-order valence-corrected chi connectivity index (χ0v) is 9.43. The van der Waals surface area contributed by atoms with Crippen molar-refractivity contribution in [1.82, 2.24) is 10.5 Å². The molecule has 2 unspecified atom stereocenters. The van der Waals surface area contributed by atoms with Gasteiger partial charge in [-0.1, -0.05) is 12.1 Å². The van der Waals surface area contributed by atoms with E-state index in [4.69, 9.17) is 4.52 Å². The second-order valence-electron chi connectivity index (χ2n) is 3.89. The molecular weight excluding hydrogens is 196 g/mol. The Hall–Kier alpha value is -0.480. The summed E-state index contributed by atoms with van der Waals surface area (Å²) in [4.78, 5) is 0. The van der Waals surface area contributed by atoms with Crippen molar-refractivity contribution in [2.45, 2.75) is 38.1 Å². The highest BCUT2D eigenvalue weighted by molar-refractivity contribution is 8.00. The summed E-state index contributed by atoms with van der Waals surface area (Å²) in [5.74, 6) is 2.15. The Morgan fingerprint density at radius 3 is 3.14 bits per heavy atom. The minimum Gasteiger partial charge on any atom is -0.360 e. The monoisotopic (exact) mass is 212 g/mol. The molecule has 4 heteroatoms. The Kier molecular flexibility index (Phi) is 3.13. The van der Waals surface area contributed by atoms with Crippen LogP contribution in [0.25, 0.3) is 0 Å². The molecule has 14 heavy (non-hydrogen) atoms. The van der Waals surface area contributed by atoms with Crippen molar-refractivity contribution in [3.63, 3.8) is 0 Å². The van der Waals surface area contributed by atoms with Gasteiger partial charge >= 0.3 is 0 Å². The van der Waals surface area contributed by atoms with Gasteiger partial charge < -0.3 is 9.84 Å². The van der Waals surface area contributed by atoms with E-state index in [1.54, 1.807) is 0 Å². The van der Waals surface area contributed by atoms with E-state index < -0.39 is 0 Å². The first-order valence-corrected chi connectivity index (χ1v) is 6.06. The van der Waals surface area contributed by atoms with Gasteiger partial charge in [-0.2, -0.15) is 11.8 Å². The van der Waals surface area contributed by atoms with Crippen LogP contribution in [0.3, 0.4) is 0 Å². The summed E-state index contributed by atoms with van der Waals surface area (Å²) in [7, 11) is 0. The summed E-state index contributed by atoms with van der Waals surface area (Å²) >= 11 is 2.04. The smallest absolute Gasteiger partial charge is 0.150 e. The predicted molar refractivity (Wildman–Crippen MR) is 58.4 cm³/mol. The van der Waals surface area contributed by atoms with E-state index in [9.17, 15) is 0 Å². The first kappa shape index (κ1) is 10.1. The molecule has 0 bridgehead atoms. The standard InChI is InChI=1S/C10H16N2OS/c1-7-3-10(13-12-7)5-11-9-4-8(2)14-6-9/h3,8-9,11H,4-6H2,1-2H3. The zero-order valence-electron chi connectivity index (χ0n) is 8.62. The van der Waals surface area contributed by atoms with Gasteiger partial charge in [-0.05, 0) is 13.3 Å². The van der Waals surface area contributed by atoms with Crippen molar-refractivity contribution < 1.29 is 4.52 Å². The van der Waals surface area contributed by atoms with Crippen LogP contribution >= 0.6 is 11.8 Å². The second kappa shape index (κ2) is 4.36. The lowest BCUT2D eigenvalue weighted by atomic mass is 10.2. The number of nitrogens with one attached hydrogen (secondary N) is 1. The van der Waals surface area contributed by atoms with Gasteiger partial charge in [0.1, 0.15) is 0 Å². The van der Waals surface area contributed by atoms with E-state index in [2.05, 4.69) is 17.4 Å². The molecule has 2 heterocycles. The van der Waals surface area contributed by atoms with Gasteiger partial charge in [0.2, 0.25) is 0 Å². The summed E-state index contributed by atoms with van der Waals surface area (Å²) in [6.45, 7) is 5.03. The molecular formula is C10H16N2OS. The Bertz CT molecular complexity index is 300. The molecule has 1 aliphatic rings. The Balaban J connectivity index is 1.77. The maximum atomic E-state index is 5.13. The van der Waals surface area contributed by atoms with E-state index in [0.29, 0.717) is 6.04 Å². The van der Waals surface area contributed by atoms with Crippen LogP contribution in [0.15, 0.2) is 10.6 Å². The largest absolute Gasteiger partial charge is 0.360 e. The summed E-state index contributed by atoms with van der Waals surface area (Å²) in [6.07, 6.45) is 1.26. The topological polar surface area (TPSA) is 38.1 Å². The number of aromatic nitrogens is 1. The zero-order chi connectivity index (χ0) is 9.97. The fourth-order valence-electron chi connectivity index (χ4n) is 1.70. The molecule has 0 aliphatic carbocycles. The highest BCUT2D eigenvalue weighted by Crippen LogP contribution is 2.26. The van der Waals surface area contributed by atoms with Crippen LogP contribution in [0.1, 0.15) is 24.8 Å². The first-order valence-electron chi connectivity index (χ1n) is 5.01. The quantitative estimate of drug-likeness (QED) is 0.831. The molecule has 1 N–H and O–H groups in total. The number of aryl methyl sites for hydroxylation is 1. The molecule has 2 atom stereocenters. The van der Waals surface area contributed by atoms with E-state index in [0.717, 1.165) is 23.2 Å². The van der Waals surface area contributed by atoms with Crippen molar-refractivity contribution in [2.75, 3.05) is 5.75 Å². The number of hydrogen-bond acceptors (Lipinski definition) is 4. The third kappa shape index (κ3) is 2.51. The van der Waals surface area contributed by atoms with Crippen LogP contribution in [0, 0.1) is 6.92 Å². The van der Waals surface area contributed by atoms with Crippen LogP contribution in [0.5, 0.6) is 0 Å². The lowest BCUT2D eigenvalue weighted by molar-refractivity contribution is 0.362. The number of thioether (sulfide) groups is 1.